The summed E-state index contributed by atoms with van der Waals surface area (Å²) in [5, 5.41) is -0.466. The van der Waals surface area contributed by atoms with E-state index in [1.807, 2.05) is 31.2 Å². The van der Waals surface area contributed by atoms with Gasteiger partial charge in [0, 0.05) is 34.8 Å². The molecule has 3 unspecified atom stereocenters. The summed E-state index contributed by atoms with van der Waals surface area (Å²) >= 11 is 5.17. The lowest BCUT2D eigenvalue weighted by Gasteiger charge is -2.41. The van der Waals surface area contributed by atoms with Crippen molar-refractivity contribution in [3.63, 3.8) is 0 Å². The van der Waals surface area contributed by atoms with Crippen LogP contribution in [-0.4, -0.2) is 49.0 Å². The minimum atomic E-state index is -3.13. The second-order valence-electron chi connectivity index (χ2n) is 5.46. The van der Waals surface area contributed by atoms with Crippen molar-refractivity contribution in [1.29, 1.82) is 0 Å². The maximum atomic E-state index is 12.1. The Kier molecular flexibility index (Phi) is 5.76. The fourth-order valence-corrected chi connectivity index (χ4v) is 6.09. The smallest absolute Gasteiger partial charge is 0.164 e. The zero-order valence-corrected chi connectivity index (χ0v) is 15.4. The first kappa shape index (κ1) is 17.3. The molecule has 1 fully saturated rings. The Morgan fingerprint density at radius 2 is 2.19 bits per heavy atom. The molecular weight excluding hydrogens is 372 g/mol. The van der Waals surface area contributed by atoms with Gasteiger partial charge in [-0.2, -0.15) is 11.8 Å². The summed E-state index contributed by atoms with van der Waals surface area (Å²) < 4.78 is 25.2. The molecule has 0 radical (unpaired) electrons. The zero-order chi connectivity index (χ0) is 15.6. The number of rotatable bonds is 4. The number of hydrogen-bond donors (Lipinski definition) is 1. The molecule has 1 aliphatic rings. The van der Waals surface area contributed by atoms with Crippen LogP contribution in [0.2, 0.25) is 0 Å². The number of hydrogen-bond acceptors (Lipinski definition) is 5. The summed E-state index contributed by atoms with van der Waals surface area (Å²) in [5.41, 5.74) is 7.25. The third-order valence-electron chi connectivity index (χ3n) is 3.66. The van der Waals surface area contributed by atoms with Gasteiger partial charge in [0.25, 0.3) is 0 Å². The average Bonchev–Trinajstić information content (AvgIpc) is 2.38. The first-order valence-corrected chi connectivity index (χ1v) is 10.7. The largest absolute Gasteiger partial charge is 0.326 e. The van der Waals surface area contributed by atoms with Crippen LogP contribution in [0.3, 0.4) is 0 Å². The number of sulfone groups is 1. The SMILES string of the molecule is CC(N)C(c1cccc(Br)c1)N1CCSCC1S(C)(=O)=O. The van der Waals surface area contributed by atoms with Crippen molar-refractivity contribution in [3.8, 4) is 0 Å². The molecule has 1 saturated heterocycles. The number of nitrogens with zero attached hydrogens (tertiary/aromatic N) is 1. The summed E-state index contributed by atoms with van der Waals surface area (Å²) in [4.78, 5) is 2.05. The van der Waals surface area contributed by atoms with Crippen LogP contribution in [0, 0.1) is 0 Å². The van der Waals surface area contributed by atoms with Gasteiger partial charge in [-0.05, 0) is 24.6 Å². The van der Waals surface area contributed by atoms with E-state index in [-0.39, 0.29) is 12.1 Å². The highest BCUT2D eigenvalue weighted by Crippen LogP contribution is 2.32. The van der Waals surface area contributed by atoms with Gasteiger partial charge in [0.2, 0.25) is 0 Å². The van der Waals surface area contributed by atoms with Crippen LogP contribution in [-0.2, 0) is 9.84 Å². The molecule has 0 aromatic heterocycles. The van der Waals surface area contributed by atoms with Gasteiger partial charge in [-0.15, -0.1) is 0 Å². The van der Waals surface area contributed by atoms with Crippen LogP contribution >= 0.6 is 27.7 Å². The van der Waals surface area contributed by atoms with E-state index in [2.05, 4.69) is 20.8 Å². The third-order valence-corrected chi connectivity index (χ3v) is 6.82. The Balaban J connectivity index is 2.41. The lowest BCUT2D eigenvalue weighted by molar-refractivity contribution is 0.172. The minimum absolute atomic E-state index is 0.0943. The zero-order valence-electron chi connectivity index (χ0n) is 12.2. The lowest BCUT2D eigenvalue weighted by atomic mass is 9.99. The molecule has 1 aromatic rings. The van der Waals surface area contributed by atoms with Crippen LogP contribution < -0.4 is 5.73 Å². The highest BCUT2D eigenvalue weighted by atomic mass is 79.9. The van der Waals surface area contributed by atoms with Gasteiger partial charge in [0.15, 0.2) is 9.84 Å². The Bertz CT molecular complexity index is 592. The van der Waals surface area contributed by atoms with Crippen LogP contribution in [0.5, 0.6) is 0 Å². The molecule has 1 heterocycles. The fourth-order valence-electron chi connectivity index (χ4n) is 2.77. The van der Waals surface area contributed by atoms with Crippen molar-refractivity contribution in [2.45, 2.75) is 24.4 Å². The highest BCUT2D eigenvalue weighted by molar-refractivity contribution is 9.10. The van der Waals surface area contributed by atoms with Crippen molar-refractivity contribution in [1.82, 2.24) is 4.90 Å². The van der Waals surface area contributed by atoms with E-state index >= 15 is 0 Å². The molecule has 2 N–H and O–H groups in total. The molecule has 0 spiro atoms. The Morgan fingerprint density at radius 3 is 2.76 bits per heavy atom. The van der Waals surface area contributed by atoms with E-state index in [1.165, 1.54) is 6.26 Å². The molecule has 3 atom stereocenters. The van der Waals surface area contributed by atoms with Gasteiger partial charge < -0.3 is 5.73 Å². The van der Waals surface area contributed by atoms with E-state index in [4.69, 9.17) is 5.73 Å². The van der Waals surface area contributed by atoms with E-state index in [1.54, 1.807) is 11.8 Å². The highest BCUT2D eigenvalue weighted by Gasteiger charge is 2.37. The number of nitrogens with two attached hydrogens (primary N) is 1. The van der Waals surface area contributed by atoms with E-state index in [9.17, 15) is 8.42 Å². The monoisotopic (exact) mass is 392 g/mol. The summed E-state index contributed by atoms with van der Waals surface area (Å²) in [6.07, 6.45) is 1.32. The fraction of sp³-hybridized carbons (Fsp3) is 0.571. The summed E-state index contributed by atoms with van der Waals surface area (Å²) in [6, 6.07) is 7.72. The van der Waals surface area contributed by atoms with Gasteiger partial charge in [-0.3, -0.25) is 4.90 Å². The van der Waals surface area contributed by atoms with Gasteiger partial charge in [-0.1, -0.05) is 28.1 Å². The second-order valence-corrected chi connectivity index (χ2v) is 9.72. The summed E-state index contributed by atoms with van der Waals surface area (Å²) in [7, 11) is -3.13. The molecule has 1 aromatic carbocycles. The molecule has 1 aliphatic heterocycles. The molecule has 0 bridgehead atoms. The molecular formula is C14H21BrN2O2S2. The molecule has 7 heteroatoms. The minimum Gasteiger partial charge on any atom is -0.326 e. The van der Waals surface area contributed by atoms with Crippen molar-refractivity contribution in [3.05, 3.63) is 34.3 Å². The van der Waals surface area contributed by atoms with Crippen LogP contribution in [0.1, 0.15) is 18.5 Å². The third kappa shape index (κ3) is 4.22. The lowest BCUT2D eigenvalue weighted by Crippen LogP contribution is -2.52. The van der Waals surface area contributed by atoms with E-state index in [0.29, 0.717) is 5.75 Å². The number of halogens is 1. The average molecular weight is 393 g/mol. The number of thioether (sulfide) groups is 1. The number of benzene rings is 1. The molecule has 0 amide bonds. The first-order chi connectivity index (χ1) is 9.80. The maximum absolute atomic E-state index is 12.1. The Hall–Kier alpha value is -0.0800. The van der Waals surface area contributed by atoms with Gasteiger partial charge in [0.1, 0.15) is 5.37 Å². The predicted octanol–water partition coefficient (Wildman–Crippen LogP) is 2.26. The molecule has 118 valence electrons. The normalized spacial score (nSPS) is 23.7. The predicted molar refractivity (Wildman–Crippen MR) is 93.2 cm³/mol. The Labute approximate surface area is 139 Å². The van der Waals surface area contributed by atoms with Crippen molar-refractivity contribution < 1.29 is 8.42 Å². The van der Waals surface area contributed by atoms with Crippen molar-refractivity contribution in [2.24, 2.45) is 5.73 Å². The summed E-state index contributed by atoms with van der Waals surface area (Å²) in [6.45, 7) is 2.67. The van der Waals surface area contributed by atoms with Gasteiger partial charge in [-0.25, -0.2) is 8.42 Å². The van der Waals surface area contributed by atoms with Gasteiger partial charge in [0.05, 0.1) is 6.04 Å². The van der Waals surface area contributed by atoms with E-state index < -0.39 is 15.2 Å². The maximum Gasteiger partial charge on any atom is 0.164 e. The standard InChI is InChI=1S/C14H21BrN2O2S2/c1-10(16)14(11-4-3-5-12(15)8-11)17-6-7-20-9-13(17)21(2,18)19/h3-5,8,10,13-14H,6-7,9,16H2,1-2H3. The summed E-state index contributed by atoms with van der Waals surface area (Å²) in [5.74, 6) is 1.54. The second kappa shape index (κ2) is 7.00. The quantitative estimate of drug-likeness (QED) is 0.850. The van der Waals surface area contributed by atoms with Crippen LogP contribution in [0.25, 0.3) is 0 Å². The Morgan fingerprint density at radius 1 is 1.48 bits per heavy atom. The molecule has 0 saturated carbocycles. The topological polar surface area (TPSA) is 63.4 Å². The van der Waals surface area contributed by atoms with Crippen LogP contribution in [0.4, 0.5) is 0 Å². The molecule has 0 aliphatic carbocycles. The van der Waals surface area contributed by atoms with Crippen LogP contribution in [0.15, 0.2) is 28.7 Å². The molecule has 4 nitrogen and oxygen atoms in total. The van der Waals surface area contributed by atoms with Gasteiger partial charge >= 0.3 is 0 Å². The first-order valence-electron chi connectivity index (χ1n) is 6.84. The molecule has 21 heavy (non-hydrogen) atoms. The van der Waals surface area contributed by atoms with Crippen molar-refractivity contribution in [2.75, 3.05) is 24.3 Å². The molecule has 2 rings (SSSR count). The van der Waals surface area contributed by atoms with Crippen molar-refractivity contribution >= 4 is 37.5 Å². The van der Waals surface area contributed by atoms with E-state index in [0.717, 1.165) is 22.3 Å².